The highest BCUT2D eigenvalue weighted by molar-refractivity contribution is 14.0. The van der Waals surface area contributed by atoms with E-state index in [1.165, 1.54) is 0 Å². The molecule has 1 aromatic heterocycles. The largest absolute Gasteiger partial charge is 0.370 e. The predicted octanol–water partition coefficient (Wildman–Crippen LogP) is 1.90. The molecule has 0 unspecified atom stereocenters. The Balaban J connectivity index is 0.00000400. The molecule has 21 heavy (non-hydrogen) atoms. The average Bonchev–Trinajstić information content (AvgIpc) is 2.39. The maximum Gasteiger partial charge on any atom is 0.227 e. The Hall–Kier alpha value is -1.38. The molecule has 0 aliphatic heterocycles. The standard InChI is InChI=1S/C14H23N5O.HI/c1-10(2)8-18-14(15)16-7-6-13(20)19-12-5-4-11(3)9-17-12;/h4-5,9-10H,6-8H2,1-3H3,(H3,15,16,18)(H,17,19,20);1H. The Labute approximate surface area is 143 Å². The van der Waals surface area contributed by atoms with Crippen molar-refractivity contribution in [3.8, 4) is 0 Å². The van der Waals surface area contributed by atoms with E-state index in [-0.39, 0.29) is 29.9 Å². The lowest BCUT2D eigenvalue weighted by Gasteiger charge is -2.07. The Morgan fingerprint density at radius 1 is 1.43 bits per heavy atom. The number of rotatable bonds is 6. The molecular weight excluding hydrogens is 381 g/mol. The lowest BCUT2D eigenvalue weighted by atomic mass is 10.2. The lowest BCUT2D eigenvalue weighted by Crippen LogP contribution is -2.34. The molecule has 1 amide bonds. The van der Waals surface area contributed by atoms with E-state index in [4.69, 9.17) is 5.73 Å². The van der Waals surface area contributed by atoms with Crippen LogP contribution in [0, 0.1) is 12.8 Å². The van der Waals surface area contributed by atoms with E-state index < -0.39 is 0 Å². The average molecular weight is 405 g/mol. The fraction of sp³-hybridized carbons (Fsp3) is 0.500. The number of pyridine rings is 1. The molecule has 0 radical (unpaired) electrons. The summed E-state index contributed by atoms with van der Waals surface area (Å²) in [6.07, 6.45) is 2.03. The van der Waals surface area contributed by atoms with E-state index in [2.05, 4.69) is 34.5 Å². The maximum atomic E-state index is 11.7. The molecule has 0 spiro atoms. The summed E-state index contributed by atoms with van der Waals surface area (Å²) in [5, 5.41) is 5.63. The molecule has 1 aromatic rings. The molecule has 0 saturated heterocycles. The number of aliphatic imine (C=N–C) groups is 1. The SMILES string of the molecule is Cc1ccc(NC(=O)CCNC(N)=NCC(C)C)nc1.I. The van der Waals surface area contributed by atoms with Crippen molar-refractivity contribution in [2.45, 2.75) is 27.2 Å². The van der Waals surface area contributed by atoms with Crippen molar-refractivity contribution in [2.75, 3.05) is 18.4 Å². The van der Waals surface area contributed by atoms with Gasteiger partial charge in [-0.1, -0.05) is 19.9 Å². The molecule has 1 heterocycles. The first kappa shape index (κ1) is 19.6. The predicted molar refractivity (Wildman–Crippen MR) is 97.0 cm³/mol. The number of aryl methyl sites for hydroxylation is 1. The van der Waals surface area contributed by atoms with Crippen molar-refractivity contribution in [2.24, 2.45) is 16.6 Å². The van der Waals surface area contributed by atoms with Gasteiger partial charge in [0, 0.05) is 25.7 Å². The first-order chi connectivity index (χ1) is 9.47. The molecule has 4 N–H and O–H groups in total. The maximum absolute atomic E-state index is 11.7. The highest BCUT2D eigenvalue weighted by Crippen LogP contribution is 2.03. The Morgan fingerprint density at radius 2 is 2.14 bits per heavy atom. The number of halogens is 1. The van der Waals surface area contributed by atoms with Crippen molar-refractivity contribution in [3.63, 3.8) is 0 Å². The summed E-state index contributed by atoms with van der Waals surface area (Å²) in [5.41, 5.74) is 6.73. The fourth-order valence-electron chi connectivity index (χ4n) is 1.39. The molecule has 0 aliphatic carbocycles. The molecule has 118 valence electrons. The van der Waals surface area contributed by atoms with Crippen LogP contribution in [0.1, 0.15) is 25.8 Å². The second-order valence-electron chi connectivity index (χ2n) is 5.07. The van der Waals surface area contributed by atoms with Crippen LogP contribution in [-0.4, -0.2) is 29.9 Å². The van der Waals surface area contributed by atoms with E-state index in [1.54, 1.807) is 12.3 Å². The number of carbonyl (C=O) groups is 1. The third-order valence-electron chi connectivity index (χ3n) is 2.46. The molecule has 0 fully saturated rings. The van der Waals surface area contributed by atoms with Crippen LogP contribution >= 0.6 is 24.0 Å². The highest BCUT2D eigenvalue weighted by Gasteiger charge is 2.03. The third kappa shape index (κ3) is 9.22. The number of carbonyl (C=O) groups excluding carboxylic acids is 1. The molecule has 0 atom stereocenters. The van der Waals surface area contributed by atoms with E-state index in [0.717, 1.165) is 5.56 Å². The summed E-state index contributed by atoms with van der Waals surface area (Å²) in [4.78, 5) is 19.9. The van der Waals surface area contributed by atoms with E-state index in [9.17, 15) is 4.79 Å². The van der Waals surface area contributed by atoms with Crippen molar-refractivity contribution in [1.29, 1.82) is 0 Å². The van der Waals surface area contributed by atoms with Crippen LogP contribution in [0.15, 0.2) is 23.3 Å². The van der Waals surface area contributed by atoms with Crippen LogP contribution in [0.5, 0.6) is 0 Å². The third-order valence-corrected chi connectivity index (χ3v) is 2.46. The topological polar surface area (TPSA) is 92.4 Å². The summed E-state index contributed by atoms with van der Waals surface area (Å²) in [6, 6.07) is 3.68. The zero-order valence-corrected chi connectivity index (χ0v) is 15.0. The number of amides is 1. The summed E-state index contributed by atoms with van der Waals surface area (Å²) in [5.74, 6) is 1.29. The second-order valence-corrected chi connectivity index (χ2v) is 5.07. The number of aromatic nitrogens is 1. The summed E-state index contributed by atoms with van der Waals surface area (Å²) in [6.45, 7) is 7.21. The van der Waals surface area contributed by atoms with Crippen LogP contribution in [0.2, 0.25) is 0 Å². The van der Waals surface area contributed by atoms with Gasteiger partial charge in [-0.3, -0.25) is 9.79 Å². The number of anilines is 1. The molecule has 1 rings (SSSR count). The number of nitrogens with zero attached hydrogens (tertiary/aromatic N) is 2. The minimum Gasteiger partial charge on any atom is -0.370 e. The molecule has 0 bridgehead atoms. The minimum absolute atomic E-state index is 0. The van der Waals surface area contributed by atoms with Gasteiger partial charge in [0.05, 0.1) is 0 Å². The van der Waals surface area contributed by atoms with Gasteiger partial charge in [0.15, 0.2) is 5.96 Å². The molecule has 0 saturated carbocycles. The number of nitrogens with one attached hydrogen (secondary N) is 2. The quantitative estimate of drug-likeness (QED) is 0.383. The highest BCUT2D eigenvalue weighted by atomic mass is 127. The van der Waals surface area contributed by atoms with Crippen LogP contribution in [0.4, 0.5) is 5.82 Å². The van der Waals surface area contributed by atoms with Crippen LogP contribution in [0.25, 0.3) is 0 Å². The molecule has 7 heteroatoms. The fourth-order valence-corrected chi connectivity index (χ4v) is 1.39. The summed E-state index contributed by atoms with van der Waals surface area (Å²) < 4.78 is 0. The van der Waals surface area contributed by atoms with Gasteiger partial charge in [0.25, 0.3) is 0 Å². The molecule has 6 nitrogen and oxygen atoms in total. The van der Waals surface area contributed by atoms with Crippen molar-refractivity contribution in [3.05, 3.63) is 23.9 Å². The van der Waals surface area contributed by atoms with Gasteiger partial charge in [-0.05, 0) is 24.5 Å². The number of nitrogens with two attached hydrogens (primary N) is 1. The van der Waals surface area contributed by atoms with Crippen molar-refractivity contribution in [1.82, 2.24) is 10.3 Å². The van der Waals surface area contributed by atoms with Crippen LogP contribution in [0.3, 0.4) is 0 Å². The Morgan fingerprint density at radius 3 is 2.71 bits per heavy atom. The molecule has 0 aromatic carbocycles. The number of hydrogen-bond donors (Lipinski definition) is 3. The lowest BCUT2D eigenvalue weighted by molar-refractivity contribution is -0.116. The second kappa shape index (κ2) is 10.4. The van der Waals surface area contributed by atoms with Gasteiger partial charge in [0.1, 0.15) is 5.82 Å². The van der Waals surface area contributed by atoms with Gasteiger partial charge < -0.3 is 16.4 Å². The van der Waals surface area contributed by atoms with Gasteiger partial charge in [-0.25, -0.2) is 4.98 Å². The van der Waals surface area contributed by atoms with Gasteiger partial charge in [-0.2, -0.15) is 0 Å². The monoisotopic (exact) mass is 405 g/mol. The Kier molecular flexibility index (Phi) is 9.68. The van der Waals surface area contributed by atoms with Crippen LogP contribution < -0.4 is 16.4 Å². The normalized spacial score (nSPS) is 11.0. The zero-order chi connectivity index (χ0) is 15.0. The summed E-state index contributed by atoms with van der Waals surface area (Å²) >= 11 is 0. The van der Waals surface area contributed by atoms with Crippen LogP contribution in [-0.2, 0) is 4.79 Å². The molecular formula is C14H24IN5O. The van der Waals surface area contributed by atoms with Gasteiger partial charge in [-0.15, -0.1) is 24.0 Å². The van der Waals surface area contributed by atoms with Crippen molar-refractivity contribution >= 4 is 41.7 Å². The minimum atomic E-state index is -0.106. The van der Waals surface area contributed by atoms with E-state index in [0.29, 0.717) is 37.2 Å². The number of guanidine groups is 1. The van der Waals surface area contributed by atoms with Gasteiger partial charge >= 0.3 is 0 Å². The van der Waals surface area contributed by atoms with E-state index in [1.807, 2.05) is 13.0 Å². The van der Waals surface area contributed by atoms with Crippen molar-refractivity contribution < 1.29 is 4.79 Å². The first-order valence-corrected chi connectivity index (χ1v) is 6.73. The van der Waals surface area contributed by atoms with Gasteiger partial charge in [0.2, 0.25) is 5.91 Å². The summed E-state index contributed by atoms with van der Waals surface area (Å²) in [7, 11) is 0. The first-order valence-electron chi connectivity index (χ1n) is 6.73. The van der Waals surface area contributed by atoms with E-state index >= 15 is 0 Å². The smallest absolute Gasteiger partial charge is 0.227 e. The number of hydrogen-bond acceptors (Lipinski definition) is 3. The molecule has 0 aliphatic rings. The Bertz CT molecular complexity index is 459. The zero-order valence-electron chi connectivity index (χ0n) is 12.7.